The molecule has 0 aliphatic heterocycles. The molecule has 0 saturated carbocycles. The van der Waals surface area contributed by atoms with Crippen LogP contribution in [0.2, 0.25) is 0 Å². The van der Waals surface area contributed by atoms with Crippen molar-refractivity contribution < 1.29 is 19.1 Å². The predicted molar refractivity (Wildman–Crippen MR) is 48.3 cm³/mol. The zero-order chi connectivity index (χ0) is 10.4. The summed E-state index contributed by atoms with van der Waals surface area (Å²) in [5.41, 5.74) is 0. The Balaban J connectivity index is 2.73. The number of rotatable bonds is 5. The zero-order valence-electron chi connectivity index (χ0n) is 7.43. The molecule has 0 spiro atoms. The molecule has 5 nitrogen and oxygen atoms in total. The van der Waals surface area contributed by atoms with Gasteiger partial charge in [0.05, 0.1) is 6.61 Å². The van der Waals surface area contributed by atoms with Gasteiger partial charge >= 0.3 is 12.4 Å². The van der Waals surface area contributed by atoms with Crippen LogP contribution in [0.15, 0.2) is 11.6 Å². The lowest BCUT2D eigenvalue weighted by atomic mass is 10.4. The van der Waals surface area contributed by atoms with Crippen molar-refractivity contribution in [1.29, 1.82) is 0 Å². The van der Waals surface area contributed by atoms with E-state index >= 15 is 0 Å². The molecule has 1 unspecified atom stereocenters. The van der Waals surface area contributed by atoms with Crippen molar-refractivity contribution >= 4 is 23.8 Å². The Labute approximate surface area is 84.7 Å². The summed E-state index contributed by atoms with van der Waals surface area (Å²) in [5, 5.41) is 2.06. The average molecular weight is 214 g/mol. The van der Waals surface area contributed by atoms with E-state index in [1.54, 1.807) is 12.3 Å². The van der Waals surface area contributed by atoms with E-state index in [1.165, 1.54) is 24.0 Å². The molecule has 75 valence electrons. The molecule has 1 heterocycles. The van der Waals surface area contributed by atoms with Crippen LogP contribution in [0.5, 0.6) is 0 Å². The maximum Gasteiger partial charge on any atom is 0.418 e. The maximum absolute atomic E-state index is 11.3. The number of esters is 1. The van der Waals surface area contributed by atoms with Gasteiger partial charge in [-0.25, -0.2) is 14.6 Å². The lowest BCUT2D eigenvalue weighted by molar-refractivity contribution is -0.152. The van der Waals surface area contributed by atoms with E-state index in [2.05, 4.69) is 9.72 Å². The first-order chi connectivity index (χ1) is 6.79. The second kappa shape index (κ2) is 5.33. The number of ether oxygens (including phenoxy) is 2. The Hall–Kier alpha value is -1.43. The van der Waals surface area contributed by atoms with Crippen LogP contribution in [0, 0.1) is 0 Å². The number of hydrogen-bond acceptors (Lipinski definition) is 6. The molecule has 14 heavy (non-hydrogen) atoms. The largest absolute Gasteiger partial charge is 0.463 e. The van der Waals surface area contributed by atoms with E-state index < -0.39 is 12.1 Å². The summed E-state index contributed by atoms with van der Waals surface area (Å²) >= 11 is 1.21. The Bertz CT molecular complexity index is 298. The molecule has 0 amide bonds. The molecule has 1 atom stereocenters. The molecule has 0 aliphatic rings. The van der Waals surface area contributed by atoms with Crippen LogP contribution in [0.3, 0.4) is 0 Å². The standard InChI is InChI=1S/C8H8NO4S/c1-2-12-8(11)6(13-5-10)7-9-3-4-14-7/h3-4,6H,2H2,1H3. The molecule has 1 aromatic rings. The molecule has 6 heteroatoms. The minimum Gasteiger partial charge on any atom is -0.463 e. The summed E-state index contributed by atoms with van der Waals surface area (Å²) in [6.07, 6.45) is 0.424. The van der Waals surface area contributed by atoms with E-state index in [4.69, 9.17) is 4.74 Å². The highest BCUT2D eigenvalue weighted by Crippen LogP contribution is 2.20. The van der Waals surface area contributed by atoms with Crippen LogP contribution in [0.25, 0.3) is 0 Å². The van der Waals surface area contributed by atoms with Gasteiger partial charge in [-0.3, -0.25) is 0 Å². The van der Waals surface area contributed by atoms with E-state index in [1.807, 2.05) is 0 Å². The summed E-state index contributed by atoms with van der Waals surface area (Å²) in [7, 11) is 0. The first-order valence-corrected chi connectivity index (χ1v) is 4.76. The Morgan fingerprint density at radius 2 is 2.57 bits per heavy atom. The predicted octanol–water partition coefficient (Wildman–Crippen LogP) is 0.831. The molecule has 0 saturated heterocycles. The quantitative estimate of drug-likeness (QED) is 0.679. The van der Waals surface area contributed by atoms with Crippen LogP contribution < -0.4 is 0 Å². The van der Waals surface area contributed by atoms with Gasteiger partial charge in [0.25, 0.3) is 0 Å². The van der Waals surface area contributed by atoms with Gasteiger partial charge in [-0.1, -0.05) is 0 Å². The van der Waals surface area contributed by atoms with Crippen LogP contribution >= 0.6 is 11.3 Å². The summed E-state index contributed by atoms with van der Waals surface area (Å²) in [4.78, 5) is 25.2. The van der Waals surface area contributed by atoms with Crippen molar-refractivity contribution in [1.82, 2.24) is 4.98 Å². The Morgan fingerprint density at radius 3 is 3.07 bits per heavy atom. The molecular formula is C8H8NO4S. The zero-order valence-corrected chi connectivity index (χ0v) is 8.24. The molecule has 0 bridgehead atoms. The minimum atomic E-state index is -1.09. The topological polar surface area (TPSA) is 65.5 Å². The molecule has 0 fully saturated rings. The summed E-state index contributed by atoms with van der Waals surface area (Å²) in [6, 6.07) is 0. The van der Waals surface area contributed by atoms with Crippen molar-refractivity contribution in [2.24, 2.45) is 0 Å². The first kappa shape index (κ1) is 10.6. The number of aromatic nitrogens is 1. The Morgan fingerprint density at radius 1 is 1.79 bits per heavy atom. The van der Waals surface area contributed by atoms with Crippen LogP contribution in [0.4, 0.5) is 0 Å². The highest BCUT2D eigenvalue weighted by molar-refractivity contribution is 7.09. The minimum absolute atomic E-state index is 0.225. The monoisotopic (exact) mass is 214 g/mol. The first-order valence-electron chi connectivity index (χ1n) is 3.88. The fraction of sp³-hybridized carbons (Fsp3) is 0.375. The Kier molecular flexibility index (Phi) is 4.06. The molecule has 0 N–H and O–H groups in total. The van der Waals surface area contributed by atoms with Crippen molar-refractivity contribution in [2.45, 2.75) is 13.0 Å². The van der Waals surface area contributed by atoms with Gasteiger partial charge in [-0.15, -0.1) is 11.3 Å². The normalized spacial score (nSPS) is 11.8. The molecule has 1 aromatic heterocycles. The summed E-state index contributed by atoms with van der Waals surface area (Å²) in [5.74, 6) is -0.634. The molecular weight excluding hydrogens is 206 g/mol. The van der Waals surface area contributed by atoms with Crippen LogP contribution in [0.1, 0.15) is 18.0 Å². The fourth-order valence-corrected chi connectivity index (χ4v) is 1.48. The van der Waals surface area contributed by atoms with Crippen LogP contribution in [-0.2, 0) is 19.1 Å². The summed E-state index contributed by atoms with van der Waals surface area (Å²) in [6.45, 7) is 3.10. The highest BCUT2D eigenvalue weighted by Gasteiger charge is 2.26. The second-order valence-corrected chi connectivity index (χ2v) is 3.13. The lowest BCUT2D eigenvalue weighted by Gasteiger charge is -2.09. The van der Waals surface area contributed by atoms with Crippen molar-refractivity contribution in [3.8, 4) is 0 Å². The second-order valence-electron chi connectivity index (χ2n) is 2.20. The number of carbonyl (C=O) groups excluding carboxylic acids is 2. The third-order valence-corrected chi connectivity index (χ3v) is 2.16. The lowest BCUT2D eigenvalue weighted by Crippen LogP contribution is -2.18. The van der Waals surface area contributed by atoms with E-state index in [0.717, 1.165) is 0 Å². The molecule has 0 aromatic carbocycles. The SMILES string of the molecule is CCOC(=O)C(O[C]=O)c1nccs1. The number of carbonyl (C=O) groups is 1. The van der Waals surface area contributed by atoms with E-state index in [0.29, 0.717) is 5.01 Å². The van der Waals surface area contributed by atoms with E-state index in [9.17, 15) is 9.59 Å². The number of hydrogen-bond donors (Lipinski definition) is 0. The third-order valence-electron chi connectivity index (χ3n) is 1.34. The number of thiazole rings is 1. The van der Waals surface area contributed by atoms with Crippen molar-refractivity contribution in [2.75, 3.05) is 6.61 Å². The van der Waals surface area contributed by atoms with Gasteiger partial charge in [0.15, 0.2) is 0 Å². The van der Waals surface area contributed by atoms with Gasteiger partial charge in [0.1, 0.15) is 5.01 Å². The van der Waals surface area contributed by atoms with Gasteiger partial charge < -0.3 is 9.47 Å². The molecule has 1 rings (SSSR count). The van der Waals surface area contributed by atoms with E-state index in [-0.39, 0.29) is 6.61 Å². The van der Waals surface area contributed by atoms with Crippen molar-refractivity contribution in [3.63, 3.8) is 0 Å². The molecule has 0 aliphatic carbocycles. The summed E-state index contributed by atoms with van der Waals surface area (Å²) < 4.78 is 9.17. The third kappa shape index (κ3) is 2.53. The highest BCUT2D eigenvalue weighted by atomic mass is 32.1. The fourth-order valence-electron chi connectivity index (χ4n) is 0.829. The van der Waals surface area contributed by atoms with Crippen molar-refractivity contribution in [3.05, 3.63) is 16.6 Å². The van der Waals surface area contributed by atoms with Gasteiger partial charge in [-0.2, -0.15) is 0 Å². The number of nitrogens with zero attached hydrogens (tertiary/aromatic N) is 1. The van der Waals surface area contributed by atoms with Crippen LogP contribution in [-0.4, -0.2) is 24.0 Å². The van der Waals surface area contributed by atoms with Gasteiger partial charge in [0.2, 0.25) is 6.10 Å². The average Bonchev–Trinajstić information content (AvgIpc) is 2.67. The maximum atomic E-state index is 11.3. The molecule has 1 radical (unpaired) electrons. The van der Waals surface area contributed by atoms with Gasteiger partial charge in [0, 0.05) is 11.6 Å². The van der Waals surface area contributed by atoms with Gasteiger partial charge in [-0.05, 0) is 6.92 Å². The smallest absolute Gasteiger partial charge is 0.418 e.